The number of hydrogen-bond acceptors (Lipinski definition) is 12. The lowest BCUT2D eigenvalue weighted by atomic mass is 10.3. The van der Waals surface area contributed by atoms with Crippen LogP contribution in [0.3, 0.4) is 0 Å². The smallest absolute Gasteiger partial charge is 0.320 e. The predicted molar refractivity (Wildman–Crippen MR) is 122 cm³/mol. The van der Waals surface area contributed by atoms with E-state index in [1.165, 1.54) is 19.1 Å². The monoisotopic (exact) mass is 492 g/mol. The van der Waals surface area contributed by atoms with E-state index in [0.29, 0.717) is 6.54 Å². The van der Waals surface area contributed by atoms with E-state index in [-0.39, 0.29) is 64.5 Å². The molecule has 0 rings (SSSR count). The van der Waals surface area contributed by atoms with Crippen LogP contribution in [-0.4, -0.2) is 113 Å². The molecule has 0 heterocycles. The van der Waals surface area contributed by atoms with Crippen LogP contribution < -0.4 is 0 Å². The van der Waals surface area contributed by atoms with Gasteiger partial charge in [0, 0.05) is 0 Å². The van der Waals surface area contributed by atoms with Crippen molar-refractivity contribution in [1.29, 1.82) is 0 Å². The van der Waals surface area contributed by atoms with Gasteiger partial charge in [-0.3, -0.25) is 33.8 Å². The summed E-state index contributed by atoms with van der Waals surface area (Å²) >= 11 is 0. The molecule has 34 heavy (non-hydrogen) atoms. The van der Waals surface area contributed by atoms with Gasteiger partial charge in [0.05, 0.1) is 66.8 Å². The Morgan fingerprint density at radius 3 is 1.12 bits per heavy atom. The molecule has 0 aromatic rings. The van der Waals surface area contributed by atoms with E-state index in [4.69, 9.17) is 14.2 Å². The van der Waals surface area contributed by atoms with Gasteiger partial charge < -0.3 is 23.7 Å². The summed E-state index contributed by atoms with van der Waals surface area (Å²) in [5, 5.41) is 0. The molecule has 0 radical (unpaired) electrons. The summed E-state index contributed by atoms with van der Waals surface area (Å²) in [6, 6.07) is 0. The van der Waals surface area contributed by atoms with Crippen molar-refractivity contribution in [3.63, 3.8) is 0 Å². The molecule has 12 heteroatoms. The van der Waals surface area contributed by atoms with Crippen molar-refractivity contribution in [2.45, 2.75) is 40.5 Å². The highest BCUT2D eigenvalue weighted by molar-refractivity contribution is 5.78. The number of rotatable bonds is 16. The molecule has 0 fully saturated rings. The van der Waals surface area contributed by atoms with Crippen LogP contribution >= 0.6 is 0 Å². The largest absolute Gasteiger partial charge is 0.468 e. The molecule has 198 valence electrons. The van der Waals surface area contributed by atoms with Gasteiger partial charge in [0.25, 0.3) is 0 Å². The molecule has 0 aliphatic carbocycles. The zero-order valence-corrected chi connectivity index (χ0v) is 21.3. The second kappa shape index (κ2) is 22.1. The van der Waals surface area contributed by atoms with Crippen LogP contribution in [0.15, 0.2) is 0 Å². The first-order valence-electron chi connectivity index (χ1n) is 11.2. The molecule has 0 aromatic carbocycles. The van der Waals surface area contributed by atoms with Gasteiger partial charge in [-0.05, 0) is 33.7 Å². The zero-order valence-electron chi connectivity index (χ0n) is 21.3. The predicted octanol–water partition coefficient (Wildman–Crippen LogP) is 0.412. The maximum absolute atomic E-state index is 11.4. The van der Waals surface area contributed by atoms with Gasteiger partial charge >= 0.3 is 29.8 Å². The first-order valence-corrected chi connectivity index (χ1v) is 11.2. The number of unbranched alkanes of at least 4 members (excludes halogenated alkanes) is 1. The van der Waals surface area contributed by atoms with E-state index < -0.39 is 17.9 Å². The van der Waals surface area contributed by atoms with Crippen molar-refractivity contribution in [1.82, 2.24) is 9.80 Å². The molecule has 0 atom stereocenters. The van der Waals surface area contributed by atoms with Gasteiger partial charge in [-0.2, -0.15) is 0 Å². The Labute approximate surface area is 201 Å². The standard InChI is InChI=1S/C12H21NO6.C10H19NO4/c1-4-17-10(14)7-13(8-11(15)18-5-2)9-12(16)19-6-3;1-4-5-6-11(7-9(12)14-2)8-10(13)15-3/h4-9H2,1-3H3;4-8H2,1-3H3. The minimum absolute atomic E-state index is 0.131. The number of carbonyl (C=O) groups excluding carboxylic acids is 5. The fourth-order valence-electron chi connectivity index (χ4n) is 2.43. The number of nitrogens with zero attached hydrogens (tertiary/aromatic N) is 2. The maximum Gasteiger partial charge on any atom is 0.320 e. The summed E-state index contributed by atoms with van der Waals surface area (Å²) in [5.74, 6) is -2.19. The molecule has 0 saturated heterocycles. The summed E-state index contributed by atoms with van der Waals surface area (Å²) in [6.07, 6.45) is 1.95. The molecule has 0 saturated carbocycles. The van der Waals surface area contributed by atoms with E-state index in [0.717, 1.165) is 12.8 Å². The second-order valence-electron chi connectivity index (χ2n) is 6.78. The normalized spacial score (nSPS) is 10.1. The molecule has 12 nitrogen and oxygen atoms in total. The summed E-state index contributed by atoms with van der Waals surface area (Å²) in [4.78, 5) is 59.2. The topological polar surface area (TPSA) is 138 Å². The molecule has 0 aliphatic heterocycles. The molecular weight excluding hydrogens is 452 g/mol. The lowest BCUT2D eigenvalue weighted by molar-refractivity contribution is -0.152. The van der Waals surface area contributed by atoms with Crippen molar-refractivity contribution < 1.29 is 47.7 Å². The molecule has 0 aromatic heterocycles. The van der Waals surface area contributed by atoms with E-state index in [1.807, 2.05) is 0 Å². The third-order valence-corrected chi connectivity index (χ3v) is 3.96. The molecule has 0 spiro atoms. The number of esters is 5. The molecule has 0 N–H and O–H groups in total. The molecule has 0 amide bonds. The van der Waals surface area contributed by atoms with Crippen LogP contribution in [0.1, 0.15) is 40.5 Å². The van der Waals surface area contributed by atoms with Crippen LogP contribution in [0.5, 0.6) is 0 Å². The fourth-order valence-corrected chi connectivity index (χ4v) is 2.43. The lowest BCUT2D eigenvalue weighted by Crippen LogP contribution is -2.40. The SMILES string of the molecule is CCCCN(CC(=O)OC)CC(=O)OC.CCOC(=O)CN(CC(=O)OCC)CC(=O)OCC. The summed E-state index contributed by atoms with van der Waals surface area (Å²) in [7, 11) is 2.66. The first-order chi connectivity index (χ1) is 16.2. The maximum atomic E-state index is 11.4. The molecule has 0 aliphatic rings. The summed E-state index contributed by atoms with van der Waals surface area (Å²) < 4.78 is 23.4. The summed E-state index contributed by atoms with van der Waals surface area (Å²) in [6.45, 7) is 8.29. The number of methoxy groups -OCH3 is 2. The van der Waals surface area contributed by atoms with Crippen molar-refractivity contribution >= 4 is 29.8 Å². The highest BCUT2D eigenvalue weighted by atomic mass is 16.5. The summed E-state index contributed by atoms with van der Waals surface area (Å²) in [5.41, 5.74) is 0. The average Bonchev–Trinajstić information content (AvgIpc) is 2.77. The Balaban J connectivity index is 0. The molecule has 0 bridgehead atoms. The van der Waals surface area contributed by atoms with Gasteiger partial charge in [0.1, 0.15) is 0 Å². The van der Waals surface area contributed by atoms with Crippen LogP contribution in [0.2, 0.25) is 0 Å². The van der Waals surface area contributed by atoms with Gasteiger partial charge in [-0.1, -0.05) is 13.3 Å². The van der Waals surface area contributed by atoms with Gasteiger partial charge in [0.15, 0.2) is 0 Å². The van der Waals surface area contributed by atoms with Crippen molar-refractivity contribution in [2.24, 2.45) is 0 Å². The van der Waals surface area contributed by atoms with Gasteiger partial charge in [-0.25, -0.2) is 0 Å². The van der Waals surface area contributed by atoms with Gasteiger partial charge in [0.2, 0.25) is 0 Å². The Morgan fingerprint density at radius 1 is 0.529 bits per heavy atom. The van der Waals surface area contributed by atoms with Crippen LogP contribution in [0.4, 0.5) is 0 Å². The first kappa shape index (κ1) is 33.4. The minimum atomic E-state index is -0.504. The van der Waals surface area contributed by atoms with Crippen LogP contribution in [-0.2, 0) is 47.7 Å². The third kappa shape index (κ3) is 19.9. The highest BCUT2D eigenvalue weighted by Gasteiger charge is 2.19. The molecular formula is C22H40N2O10. The van der Waals surface area contributed by atoms with Gasteiger partial charge in [-0.15, -0.1) is 0 Å². The molecule has 0 unspecified atom stereocenters. The van der Waals surface area contributed by atoms with E-state index >= 15 is 0 Å². The minimum Gasteiger partial charge on any atom is -0.468 e. The zero-order chi connectivity index (χ0) is 26.4. The number of ether oxygens (including phenoxy) is 5. The second-order valence-corrected chi connectivity index (χ2v) is 6.78. The lowest BCUT2D eigenvalue weighted by Gasteiger charge is -2.19. The highest BCUT2D eigenvalue weighted by Crippen LogP contribution is 1.97. The van der Waals surface area contributed by atoms with Crippen molar-refractivity contribution in [2.75, 3.05) is 73.3 Å². The van der Waals surface area contributed by atoms with Crippen molar-refractivity contribution in [3.8, 4) is 0 Å². The Bertz CT molecular complexity index is 547. The quantitative estimate of drug-likeness (QED) is 0.218. The van der Waals surface area contributed by atoms with Crippen molar-refractivity contribution in [3.05, 3.63) is 0 Å². The Morgan fingerprint density at radius 2 is 0.853 bits per heavy atom. The number of hydrogen-bond donors (Lipinski definition) is 0. The van der Waals surface area contributed by atoms with Crippen LogP contribution in [0, 0.1) is 0 Å². The fraction of sp³-hybridized carbons (Fsp3) is 0.773. The average molecular weight is 493 g/mol. The Hall–Kier alpha value is -2.73. The number of carbonyl (C=O) groups is 5. The Kier molecular flexibility index (Phi) is 21.7. The van der Waals surface area contributed by atoms with E-state index in [2.05, 4.69) is 16.4 Å². The van der Waals surface area contributed by atoms with E-state index in [9.17, 15) is 24.0 Å². The van der Waals surface area contributed by atoms with E-state index in [1.54, 1.807) is 25.7 Å². The third-order valence-electron chi connectivity index (χ3n) is 3.96. The van der Waals surface area contributed by atoms with Crippen LogP contribution in [0.25, 0.3) is 0 Å².